The van der Waals surface area contributed by atoms with Crippen molar-refractivity contribution in [1.29, 1.82) is 0 Å². The van der Waals surface area contributed by atoms with Crippen LogP contribution in [-0.4, -0.2) is 83.1 Å². The average molecular weight is 548 g/mol. The van der Waals surface area contributed by atoms with Gasteiger partial charge in [-0.05, 0) is 48.7 Å². The number of rotatable bonds is 6. The Morgan fingerprint density at radius 2 is 1.59 bits per heavy atom. The van der Waals surface area contributed by atoms with Gasteiger partial charge in [-0.2, -0.15) is 4.31 Å². The predicted molar refractivity (Wildman–Crippen MR) is 143 cm³/mol. The molecule has 2 aromatic carbocycles. The van der Waals surface area contributed by atoms with Crippen molar-refractivity contribution in [3.63, 3.8) is 0 Å². The molecule has 0 unspecified atom stereocenters. The first kappa shape index (κ1) is 26.3. The monoisotopic (exact) mass is 547 g/mol. The molecule has 1 amide bonds. The van der Waals surface area contributed by atoms with Gasteiger partial charge in [-0.25, -0.2) is 8.42 Å². The van der Waals surface area contributed by atoms with Crippen LogP contribution in [0.15, 0.2) is 47.4 Å². The second kappa shape index (κ2) is 10.8. The van der Waals surface area contributed by atoms with E-state index in [0.717, 1.165) is 36.9 Å². The molecular formula is C27H34ClN3O5S. The summed E-state index contributed by atoms with van der Waals surface area (Å²) in [5.41, 5.74) is 1.29. The van der Waals surface area contributed by atoms with Gasteiger partial charge in [-0.3, -0.25) is 4.79 Å². The van der Waals surface area contributed by atoms with Crippen LogP contribution in [0, 0.1) is 0 Å². The summed E-state index contributed by atoms with van der Waals surface area (Å²) in [4.78, 5) is 18.2. The van der Waals surface area contributed by atoms with E-state index in [-0.39, 0.29) is 10.8 Å². The number of nitrogens with zero attached hydrogens (tertiary/aromatic N) is 3. The fourth-order valence-electron chi connectivity index (χ4n) is 5.84. The number of amides is 1. The van der Waals surface area contributed by atoms with Gasteiger partial charge in [0.05, 0.1) is 36.3 Å². The summed E-state index contributed by atoms with van der Waals surface area (Å²) < 4.78 is 38.9. The van der Waals surface area contributed by atoms with Crippen LogP contribution in [0.2, 0.25) is 5.02 Å². The van der Waals surface area contributed by atoms with Crippen LogP contribution < -0.4 is 9.64 Å². The van der Waals surface area contributed by atoms with Crippen LogP contribution >= 0.6 is 11.6 Å². The highest BCUT2D eigenvalue weighted by Crippen LogP contribution is 2.43. The first-order valence-electron chi connectivity index (χ1n) is 12.9. The van der Waals surface area contributed by atoms with Gasteiger partial charge in [-0.15, -0.1) is 0 Å². The molecule has 0 N–H and O–H groups in total. The molecule has 1 saturated carbocycles. The molecule has 8 nitrogen and oxygen atoms in total. The number of piperazine rings is 1. The minimum absolute atomic E-state index is 0.183. The lowest BCUT2D eigenvalue weighted by molar-refractivity contribution is -0.137. The maximum atomic E-state index is 13.9. The van der Waals surface area contributed by atoms with E-state index in [1.807, 2.05) is 29.2 Å². The summed E-state index contributed by atoms with van der Waals surface area (Å²) in [7, 11) is -2.04. The van der Waals surface area contributed by atoms with E-state index >= 15 is 0 Å². The van der Waals surface area contributed by atoms with Gasteiger partial charge in [0.15, 0.2) is 0 Å². The minimum Gasteiger partial charge on any atom is -0.495 e. The van der Waals surface area contributed by atoms with Crippen molar-refractivity contribution >= 4 is 33.2 Å². The molecule has 0 atom stereocenters. The Labute approximate surface area is 224 Å². The molecule has 0 spiro atoms. The van der Waals surface area contributed by atoms with Crippen LogP contribution in [0.25, 0.3) is 0 Å². The fourth-order valence-corrected chi connectivity index (χ4v) is 7.39. The molecule has 200 valence electrons. The third-order valence-electron chi connectivity index (χ3n) is 7.93. The maximum absolute atomic E-state index is 13.9. The molecule has 3 aliphatic rings. The van der Waals surface area contributed by atoms with E-state index in [4.69, 9.17) is 21.1 Å². The molecule has 10 heteroatoms. The standard InChI is InChI=1S/C27H34ClN3O5S/c1-35-25-9-8-23(37(33,34)31-16-18-36-19-17-31)20-24(25)29-12-14-30(15-13-29)26(32)27(10-2-3-11-27)21-4-6-22(28)7-5-21/h4-9,20H,2-3,10-19H2,1H3. The second-order valence-corrected chi connectivity index (χ2v) is 12.3. The topological polar surface area (TPSA) is 79.4 Å². The summed E-state index contributed by atoms with van der Waals surface area (Å²) in [6.07, 6.45) is 3.78. The molecule has 2 aromatic rings. The Kier molecular flexibility index (Phi) is 7.68. The Bertz CT molecular complexity index is 1220. The molecule has 2 saturated heterocycles. The quantitative estimate of drug-likeness (QED) is 0.550. The number of carbonyl (C=O) groups is 1. The molecule has 2 heterocycles. The normalized spacial score (nSPS) is 20.7. The Morgan fingerprint density at radius 1 is 0.946 bits per heavy atom. The zero-order valence-electron chi connectivity index (χ0n) is 21.2. The van der Waals surface area contributed by atoms with Gasteiger partial charge in [0, 0.05) is 44.3 Å². The summed E-state index contributed by atoms with van der Waals surface area (Å²) >= 11 is 6.12. The Morgan fingerprint density at radius 3 is 2.22 bits per heavy atom. The zero-order chi connectivity index (χ0) is 26.0. The first-order chi connectivity index (χ1) is 17.8. The lowest BCUT2D eigenvalue weighted by Gasteiger charge is -2.41. The third-order valence-corrected chi connectivity index (χ3v) is 10.1. The van der Waals surface area contributed by atoms with Crippen LogP contribution in [0.5, 0.6) is 5.75 Å². The molecule has 0 bridgehead atoms. The first-order valence-corrected chi connectivity index (χ1v) is 14.7. The molecule has 0 aromatic heterocycles. The van der Waals surface area contributed by atoms with Crippen molar-refractivity contribution in [3.8, 4) is 5.75 Å². The van der Waals surface area contributed by atoms with Crippen LogP contribution in [-0.2, 0) is 25.0 Å². The van der Waals surface area contributed by atoms with E-state index in [1.54, 1.807) is 25.3 Å². The van der Waals surface area contributed by atoms with Crippen LogP contribution in [0.1, 0.15) is 31.2 Å². The van der Waals surface area contributed by atoms with Crippen molar-refractivity contribution in [3.05, 3.63) is 53.1 Å². The maximum Gasteiger partial charge on any atom is 0.243 e. The molecule has 37 heavy (non-hydrogen) atoms. The number of methoxy groups -OCH3 is 1. The molecule has 5 rings (SSSR count). The SMILES string of the molecule is COc1ccc(S(=O)(=O)N2CCOCC2)cc1N1CCN(C(=O)C2(c3ccc(Cl)cc3)CCCC2)CC1. The van der Waals surface area contributed by atoms with E-state index in [0.29, 0.717) is 63.3 Å². The largest absolute Gasteiger partial charge is 0.495 e. The number of hydrogen-bond acceptors (Lipinski definition) is 6. The summed E-state index contributed by atoms with van der Waals surface area (Å²) in [5.74, 6) is 0.803. The fraction of sp³-hybridized carbons (Fsp3) is 0.519. The van der Waals surface area contributed by atoms with Gasteiger partial charge < -0.3 is 19.3 Å². The van der Waals surface area contributed by atoms with Gasteiger partial charge in [-0.1, -0.05) is 36.6 Å². The number of anilines is 1. The lowest BCUT2D eigenvalue weighted by atomic mass is 9.77. The molecule has 1 aliphatic carbocycles. The Balaban J connectivity index is 1.34. The highest BCUT2D eigenvalue weighted by molar-refractivity contribution is 7.89. The van der Waals surface area contributed by atoms with Crippen LogP contribution in [0.3, 0.4) is 0 Å². The predicted octanol–water partition coefficient (Wildman–Crippen LogP) is 3.53. The average Bonchev–Trinajstić information content (AvgIpc) is 3.44. The molecule has 2 aliphatic heterocycles. The molecule has 3 fully saturated rings. The number of morpholine rings is 1. The number of ether oxygens (including phenoxy) is 2. The second-order valence-electron chi connectivity index (χ2n) is 9.93. The van der Waals surface area contributed by atoms with Gasteiger partial charge >= 0.3 is 0 Å². The van der Waals surface area contributed by atoms with E-state index in [1.165, 1.54) is 4.31 Å². The van der Waals surface area contributed by atoms with Crippen molar-refractivity contribution < 1.29 is 22.7 Å². The summed E-state index contributed by atoms with van der Waals surface area (Å²) in [6.45, 7) is 3.82. The van der Waals surface area contributed by atoms with E-state index < -0.39 is 15.4 Å². The van der Waals surface area contributed by atoms with Gasteiger partial charge in [0.1, 0.15) is 5.75 Å². The van der Waals surface area contributed by atoms with Crippen molar-refractivity contribution in [2.75, 3.05) is 64.5 Å². The van der Waals surface area contributed by atoms with Crippen molar-refractivity contribution in [2.45, 2.75) is 36.0 Å². The molecular weight excluding hydrogens is 514 g/mol. The van der Waals surface area contributed by atoms with E-state index in [9.17, 15) is 13.2 Å². The third kappa shape index (κ3) is 5.06. The molecule has 0 radical (unpaired) electrons. The minimum atomic E-state index is -3.63. The summed E-state index contributed by atoms with van der Waals surface area (Å²) in [5, 5.41) is 0.671. The number of sulfonamides is 1. The Hall–Kier alpha value is -2.33. The number of benzene rings is 2. The van der Waals surface area contributed by atoms with E-state index in [2.05, 4.69) is 4.90 Å². The zero-order valence-corrected chi connectivity index (χ0v) is 22.8. The van der Waals surface area contributed by atoms with Gasteiger partial charge in [0.2, 0.25) is 15.9 Å². The highest BCUT2D eigenvalue weighted by Gasteiger charge is 2.45. The lowest BCUT2D eigenvalue weighted by Crippen LogP contribution is -2.54. The van der Waals surface area contributed by atoms with Crippen molar-refractivity contribution in [1.82, 2.24) is 9.21 Å². The summed E-state index contributed by atoms with van der Waals surface area (Å²) in [6, 6.07) is 12.7. The number of carbonyl (C=O) groups excluding carboxylic acids is 1. The van der Waals surface area contributed by atoms with Crippen LogP contribution in [0.4, 0.5) is 5.69 Å². The van der Waals surface area contributed by atoms with Gasteiger partial charge in [0.25, 0.3) is 0 Å². The highest BCUT2D eigenvalue weighted by atomic mass is 35.5. The smallest absolute Gasteiger partial charge is 0.243 e. The number of halogens is 1. The van der Waals surface area contributed by atoms with Crippen molar-refractivity contribution in [2.24, 2.45) is 0 Å². The number of hydrogen-bond donors (Lipinski definition) is 0.